The third-order valence-electron chi connectivity index (χ3n) is 5.24. The Kier molecular flexibility index (Phi) is 5.93. The summed E-state index contributed by atoms with van der Waals surface area (Å²) in [6.07, 6.45) is 2.16. The summed E-state index contributed by atoms with van der Waals surface area (Å²) < 4.78 is 11.4. The molecule has 0 spiro atoms. The van der Waals surface area contributed by atoms with Crippen LogP contribution in [0.4, 0.5) is 0 Å². The number of morpholine rings is 1. The number of hydrogen-bond acceptors (Lipinski definition) is 4. The van der Waals surface area contributed by atoms with Gasteiger partial charge in [0, 0.05) is 38.3 Å². The number of hydrogen-bond donors (Lipinski definition) is 1. The fourth-order valence-electron chi connectivity index (χ4n) is 3.92. The first-order valence-corrected chi connectivity index (χ1v) is 9.29. The van der Waals surface area contributed by atoms with Crippen molar-refractivity contribution >= 4 is 0 Å². The first kappa shape index (κ1) is 17.9. The summed E-state index contributed by atoms with van der Waals surface area (Å²) in [6, 6.07) is 9.66. The fourth-order valence-corrected chi connectivity index (χ4v) is 3.92. The van der Waals surface area contributed by atoms with Gasteiger partial charge in [0.15, 0.2) is 0 Å². The van der Waals surface area contributed by atoms with Crippen molar-refractivity contribution in [3.63, 3.8) is 0 Å². The second-order valence-electron chi connectivity index (χ2n) is 7.79. The van der Waals surface area contributed by atoms with Gasteiger partial charge in [-0.2, -0.15) is 0 Å². The maximum absolute atomic E-state index is 5.89. The lowest BCUT2D eigenvalue weighted by molar-refractivity contribution is -0.0650. The minimum atomic E-state index is -0.0227. The van der Waals surface area contributed by atoms with Crippen LogP contribution in [0, 0.1) is 6.92 Å². The number of aryl methyl sites for hydroxylation is 1. The van der Waals surface area contributed by atoms with Gasteiger partial charge in [-0.25, -0.2) is 0 Å². The molecule has 1 aromatic rings. The largest absolute Gasteiger partial charge is 0.379 e. The molecule has 4 heteroatoms. The van der Waals surface area contributed by atoms with Crippen LogP contribution in [0.15, 0.2) is 24.3 Å². The van der Waals surface area contributed by atoms with Crippen LogP contribution in [-0.2, 0) is 9.47 Å². The maximum atomic E-state index is 5.89. The fraction of sp³-hybridized carbons (Fsp3) is 0.700. The maximum Gasteiger partial charge on any atom is 0.0641 e. The molecule has 2 atom stereocenters. The van der Waals surface area contributed by atoms with Crippen molar-refractivity contribution in [1.82, 2.24) is 10.2 Å². The summed E-state index contributed by atoms with van der Waals surface area (Å²) in [6.45, 7) is 12.3. The summed E-state index contributed by atoms with van der Waals surface area (Å²) >= 11 is 0. The number of benzene rings is 1. The molecule has 1 N–H and O–H groups in total. The van der Waals surface area contributed by atoms with E-state index in [1.165, 1.54) is 11.1 Å². The molecule has 2 aliphatic rings. The quantitative estimate of drug-likeness (QED) is 0.899. The molecule has 134 valence electrons. The van der Waals surface area contributed by atoms with E-state index in [2.05, 4.69) is 55.3 Å². The third-order valence-corrected chi connectivity index (χ3v) is 5.24. The number of nitrogens with zero attached hydrogens (tertiary/aromatic N) is 1. The topological polar surface area (TPSA) is 33.7 Å². The van der Waals surface area contributed by atoms with E-state index in [4.69, 9.17) is 9.47 Å². The second kappa shape index (κ2) is 7.96. The molecule has 0 unspecified atom stereocenters. The van der Waals surface area contributed by atoms with Crippen LogP contribution >= 0.6 is 0 Å². The molecule has 1 aromatic carbocycles. The van der Waals surface area contributed by atoms with Crippen molar-refractivity contribution in [3.8, 4) is 0 Å². The highest BCUT2D eigenvalue weighted by Crippen LogP contribution is 2.27. The Morgan fingerprint density at radius 3 is 2.67 bits per heavy atom. The number of rotatable bonds is 5. The molecule has 2 saturated heterocycles. The van der Waals surface area contributed by atoms with Crippen molar-refractivity contribution < 1.29 is 9.47 Å². The molecule has 0 radical (unpaired) electrons. The zero-order chi connectivity index (χ0) is 17.0. The van der Waals surface area contributed by atoms with E-state index >= 15 is 0 Å². The van der Waals surface area contributed by atoms with Crippen LogP contribution in [0.1, 0.15) is 43.9 Å². The Morgan fingerprint density at radius 2 is 1.96 bits per heavy atom. The molecule has 2 fully saturated rings. The van der Waals surface area contributed by atoms with E-state index in [9.17, 15) is 0 Å². The molecule has 4 nitrogen and oxygen atoms in total. The SMILES string of the molecule is Cc1ccccc1[C@@H](CN1CCOCC1)N[C@@H]1CCOC(C)(C)C1. The highest BCUT2D eigenvalue weighted by Gasteiger charge is 2.31. The summed E-state index contributed by atoms with van der Waals surface area (Å²) in [5.74, 6) is 0. The Morgan fingerprint density at radius 1 is 1.21 bits per heavy atom. The van der Waals surface area contributed by atoms with E-state index in [1.807, 2.05) is 0 Å². The van der Waals surface area contributed by atoms with Gasteiger partial charge in [0.1, 0.15) is 0 Å². The predicted octanol–water partition coefficient (Wildman–Crippen LogP) is 2.92. The van der Waals surface area contributed by atoms with Gasteiger partial charge in [-0.3, -0.25) is 4.90 Å². The van der Waals surface area contributed by atoms with Crippen LogP contribution in [0.2, 0.25) is 0 Å². The first-order chi connectivity index (χ1) is 11.5. The number of nitrogens with one attached hydrogen (secondary N) is 1. The van der Waals surface area contributed by atoms with Gasteiger partial charge in [-0.1, -0.05) is 24.3 Å². The molecule has 0 amide bonds. The van der Waals surface area contributed by atoms with Gasteiger partial charge < -0.3 is 14.8 Å². The lowest BCUT2D eigenvalue weighted by Crippen LogP contribution is -2.48. The third kappa shape index (κ3) is 4.79. The summed E-state index contributed by atoms with van der Waals surface area (Å²) in [4.78, 5) is 2.53. The zero-order valence-corrected chi connectivity index (χ0v) is 15.4. The predicted molar refractivity (Wildman–Crippen MR) is 97.4 cm³/mol. The van der Waals surface area contributed by atoms with E-state index in [1.54, 1.807) is 0 Å². The average molecular weight is 332 g/mol. The summed E-state index contributed by atoms with van der Waals surface area (Å²) in [5.41, 5.74) is 2.77. The van der Waals surface area contributed by atoms with Gasteiger partial charge in [0.05, 0.1) is 18.8 Å². The van der Waals surface area contributed by atoms with Crippen molar-refractivity contribution in [2.45, 2.75) is 51.3 Å². The lowest BCUT2D eigenvalue weighted by Gasteiger charge is -2.39. The lowest BCUT2D eigenvalue weighted by atomic mass is 9.92. The van der Waals surface area contributed by atoms with E-state index in [0.29, 0.717) is 12.1 Å². The van der Waals surface area contributed by atoms with Gasteiger partial charge in [0.25, 0.3) is 0 Å². The Hall–Kier alpha value is -0.940. The second-order valence-corrected chi connectivity index (χ2v) is 7.79. The van der Waals surface area contributed by atoms with Crippen molar-refractivity contribution in [2.75, 3.05) is 39.5 Å². The Bertz CT molecular complexity index is 526. The molecule has 0 aliphatic carbocycles. The molecule has 2 heterocycles. The molecule has 24 heavy (non-hydrogen) atoms. The summed E-state index contributed by atoms with van der Waals surface area (Å²) in [5, 5.41) is 3.95. The normalized spacial score (nSPS) is 26.2. The van der Waals surface area contributed by atoms with Crippen molar-refractivity contribution in [2.24, 2.45) is 0 Å². The van der Waals surface area contributed by atoms with Crippen molar-refractivity contribution in [1.29, 1.82) is 0 Å². The van der Waals surface area contributed by atoms with Crippen LogP contribution < -0.4 is 5.32 Å². The molecule has 2 aliphatic heterocycles. The molecular weight excluding hydrogens is 300 g/mol. The minimum absolute atomic E-state index is 0.0227. The monoisotopic (exact) mass is 332 g/mol. The van der Waals surface area contributed by atoms with E-state index in [-0.39, 0.29) is 5.60 Å². The van der Waals surface area contributed by atoms with Gasteiger partial charge >= 0.3 is 0 Å². The molecule has 0 saturated carbocycles. The number of ether oxygens (including phenoxy) is 2. The van der Waals surface area contributed by atoms with Crippen LogP contribution in [0.3, 0.4) is 0 Å². The van der Waals surface area contributed by atoms with Crippen LogP contribution in [0.25, 0.3) is 0 Å². The van der Waals surface area contributed by atoms with Crippen molar-refractivity contribution in [3.05, 3.63) is 35.4 Å². The molecule has 3 rings (SSSR count). The molecule has 0 bridgehead atoms. The van der Waals surface area contributed by atoms with Crippen LogP contribution in [-0.4, -0.2) is 56.0 Å². The van der Waals surface area contributed by atoms with Crippen LogP contribution in [0.5, 0.6) is 0 Å². The van der Waals surface area contributed by atoms with E-state index in [0.717, 1.165) is 52.3 Å². The zero-order valence-electron chi connectivity index (χ0n) is 15.4. The Labute approximate surface area is 146 Å². The van der Waals surface area contributed by atoms with Gasteiger partial charge in [0.2, 0.25) is 0 Å². The highest BCUT2D eigenvalue weighted by molar-refractivity contribution is 5.29. The smallest absolute Gasteiger partial charge is 0.0641 e. The summed E-state index contributed by atoms with van der Waals surface area (Å²) in [7, 11) is 0. The molecule has 0 aromatic heterocycles. The minimum Gasteiger partial charge on any atom is -0.379 e. The standard InChI is InChI=1S/C20H32N2O2/c1-16-6-4-5-7-18(16)19(15-22-9-12-23-13-10-22)21-17-8-11-24-20(2,3)14-17/h4-7,17,19,21H,8-15H2,1-3H3/t17-,19-/m1/s1. The molecular formula is C20H32N2O2. The van der Waals surface area contributed by atoms with Gasteiger partial charge in [-0.05, 0) is 44.7 Å². The van der Waals surface area contributed by atoms with E-state index < -0.39 is 0 Å². The Balaban J connectivity index is 1.72. The first-order valence-electron chi connectivity index (χ1n) is 9.29. The van der Waals surface area contributed by atoms with Gasteiger partial charge in [-0.15, -0.1) is 0 Å². The highest BCUT2D eigenvalue weighted by atomic mass is 16.5. The average Bonchev–Trinajstić information content (AvgIpc) is 2.55.